The van der Waals surface area contributed by atoms with Crippen LogP contribution in [0.5, 0.6) is 11.5 Å². The molecule has 1 aromatic carbocycles. The molecule has 0 aliphatic heterocycles. The van der Waals surface area contributed by atoms with Crippen LogP contribution in [0.3, 0.4) is 0 Å². The fourth-order valence-electron chi connectivity index (χ4n) is 1.93. The van der Waals surface area contributed by atoms with Gasteiger partial charge in [0.25, 0.3) is 5.89 Å². The summed E-state index contributed by atoms with van der Waals surface area (Å²) in [5.74, 6) is 2.18. The minimum atomic E-state index is 0.406. The molecule has 3 rings (SSSR count). The van der Waals surface area contributed by atoms with Crippen molar-refractivity contribution in [1.29, 1.82) is 0 Å². The topological polar surface area (TPSA) is 70.3 Å². The summed E-state index contributed by atoms with van der Waals surface area (Å²) < 4.78 is 15.8. The number of methoxy groups -OCH3 is 2. The number of rotatable bonds is 4. The van der Waals surface area contributed by atoms with Crippen molar-refractivity contribution in [2.75, 3.05) is 14.2 Å². The van der Waals surface area contributed by atoms with E-state index in [1.807, 2.05) is 18.2 Å². The van der Waals surface area contributed by atoms with Crippen molar-refractivity contribution < 1.29 is 14.0 Å². The van der Waals surface area contributed by atoms with Gasteiger partial charge in [0, 0.05) is 12.4 Å². The van der Waals surface area contributed by atoms with Crippen molar-refractivity contribution in [2.24, 2.45) is 0 Å². The third kappa shape index (κ3) is 2.55. The zero-order valence-electron chi connectivity index (χ0n) is 11.6. The second-order valence-corrected chi connectivity index (χ2v) is 4.23. The first-order valence-corrected chi connectivity index (χ1v) is 6.28. The molecule has 0 radical (unpaired) electrons. The van der Waals surface area contributed by atoms with Gasteiger partial charge in [-0.15, -0.1) is 0 Å². The van der Waals surface area contributed by atoms with Crippen molar-refractivity contribution in [1.82, 2.24) is 15.1 Å². The average molecular weight is 283 g/mol. The molecule has 3 aromatic rings. The van der Waals surface area contributed by atoms with Crippen molar-refractivity contribution >= 4 is 0 Å². The summed E-state index contributed by atoms with van der Waals surface area (Å²) in [5, 5.41) is 4.00. The number of nitrogens with zero attached hydrogens (tertiary/aromatic N) is 3. The van der Waals surface area contributed by atoms with Gasteiger partial charge in [0.1, 0.15) is 11.5 Å². The van der Waals surface area contributed by atoms with E-state index in [0.29, 0.717) is 28.8 Å². The highest BCUT2D eigenvalue weighted by Crippen LogP contribution is 2.32. The SMILES string of the molecule is COc1ccc(OC)c(-c2noc(-c3cccnc3)n2)c1. The molecule has 6 nitrogen and oxygen atoms in total. The van der Waals surface area contributed by atoms with Crippen LogP contribution in [0.2, 0.25) is 0 Å². The van der Waals surface area contributed by atoms with Crippen LogP contribution < -0.4 is 9.47 Å². The van der Waals surface area contributed by atoms with E-state index in [2.05, 4.69) is 15.1 Å². The van der Waals surface area contributed by atoms with Crippen molar-refractivity contribution in [3.8, 4) is 34.3 Å². The van der Waals surface area contributed by atoms with Crippen molar-refractivity contribution in [3.63, 3.8) is 0 Å². The van der Waals surface area contributed by atoms with Gasteiger partial charge in [0.15, 0.2) is 0 Å². The van der Waals surface area contributed by atoms with E-state index >= 15 is 0 Å². The van der Waals surface area contributed by atoms with Gasteiger partial charge in [0.05, 0.1) is 25.3 Å². The van der Waals surface area contributed by atoms with Crippen LogP contribution in [-0.4, -0.2) is 29.3 Å². The Hall–Kier alpha value is -2.89. The van der Waals surface area contributed by atoms with Gasteiger partial charge < -0.3 is 14.0 Å². The van der Waals surface area contributed by atoms with E-state index in [9.17, 15) is 0 Å². The largest absolute Gasteiger partial charge is 0.497 e. The van der Waals surface area contributed by atoms with E-state index in [1.165, 1.54) is 0 Å². The Balaban J connectivity index is 2.04. The molecule has 0 spiro atoms. The zero-order valence-corrected chi connectivity index (χ0v) is 11.6. The third-order valence-corrected chi connectivity index (χ3v) is 2.98. The summed E-state index contributed by atoms with van der Waals surface area (Å²) in [7, 11) is 3.19. The lowest BCUT2D eigenvalue weighted by molar-refractivity contribution is 0.403. The van der Waals surface area contributed by atoms with Crippen LogP contribution in [0.25, 0.3) is 22.8 Å². The summed E-state index contributed by atoms with van der Waals surface area (Å²) in [6.45, 7) is 0. The minimum absolute atomic E-state index is 0.406. The molecule has 0 amide bonds. The maximum atomic E-state index is 5.32. The van der Waals surface area contributed by atoms with Gasteiger partial charge in [-0.25, -0.2) is 0 Å². The van der Waals surface area contributed by atoms with E-state index in [-0.39, 0.29) is 0 Å². The quantitative estimate of drug-likeness (QED) is 0.733. The Morgan fingerprint density at radius 3 is 2.71 bits per heavy atom. The smallest absolute Gasteiger partial charge is 0.259 e. The maximum absolute atomic E-state index is 5.32. The fraction of sp³-hybridized carbons (Fsp3) is 0.133. The molecule has 0 unspecified atom stereocenters. The van der Waals surface area contributed by atoms with Crippen LogP contribution in [0.4, 0.5) is 0 Å². The lowest BCUT2D eigenvalue weighted by Gasteiger charge is -2.07. The lowest BCUT2D eigenvalue weighted by Crippen LogP contribution is -1.91. The maximum Gasteiger partial charge on any atom is 0.259 e. The molecule has 0 saturated heterocycles. The van der Waals surface area contributed by atoms with Crippen LogP contribution >= 0.6 is 0 Å². The Bertz CT molecular complexity index is 741. The molecule has 0 aliphatic carbocycles. The molecule has 6 heteroatoms. The highest BCUT2D eigenvalue weighted by atomic mass is 16.5. The molecule has 2 aromatic heterocycles. The van der Waals surface area contributed by atoms with Gasteiger partial charge in [-0.05, 0) is 30.3 Å². The lowest BCUT2D eigenvalue weighted by atomic mass is 10.2. The van der Waals surface area contributed by atoms with Gasteiger partial charge >= 0.3 is 0 Å². The van der Waals surface area contributed by atoms with Gasteiger partial charge in [-0.2, -0.15) is 4.98 Å². The van der Waals surface area contributed by atoms with Crippen molar-refractivity contribution in [2.45, 2.75) is 0 Å². The summed E-state index contributed by atoms with van der Waals surface area (Å²) in [6.07, 6.45) is 3.35. The number of benzene rings is 1. The average Bonchev–Trinajstić information content (AvgIpc) is 3.05. The fourth-order valence-corrected chi connectivity index (χ4v) is 1.93. The monoisotopic (exact) mass is 283 g/mol. The molecule has 21 heavy (non-hydrogen) atoms. The van der Waals surface area contributed by atoms with Crippen LogP contribution in [-0.2, 0) is 0 Å². The number of ether oxygens (including phenoxy) is 2. The molecule has 0 saturated carbocycles. The van der Waals surface area contributed by atoms with Gasteiger partial charge in [-0.3, -0.25) is 4.98 Å². The highest BCUT2D eigenvalue weighted by Gasteiger charge is 2.15. The van der Waals surface area contributed by atoms with E-state index < -0.39 is 0 Å². The molecule has 0 aliphatic rings. The predicted octanol–water partition coefficient (Wildman–Crippen LogP) is 2.82. The first-order valence-electron chi connectivity index (χ1n) is 6.28. The summed E-state index contributed by atoms with van der Waals surface area (Å²) in [4.78, 5) is 8.41. The third-order valence-electron chi connectivity index (χ3n) is 2.98. The number of aromatic nitrogens is 3. The minimum Gasteiger partial charge on any atom is -0.497 e. The number of pyridine rings is 1. The summed E-state index contributed by atoms with van der Waals surface area (Å²) in [6, 6.07) is 9.08. The zero-order chi connectivity index (χ0) is 14.7. The molecule has 0 fully saturated rings. The molecular weight excluding hydrogens is 270 g/mol. The van der Waals surface area contributed by atoms with Crippen LogP contribution in [0.1, 0.15) is 0 Å². The van der Waals surface area contributed by atoms with E-state index in [0.717, 1.165) is 5.56 Å². The Kier molecular flexibility index (Phi) is 3.51. The van der Waals surface area contributed by atoms with Gasteiger partial charge in [0.2, 0.25) is 5.82 Å². The highest BCUT2D eigenvalue weighted by molar-refractivity contribution is 5.67. The molecular formula is C15H13N3O3. The second kappa shape index (κ2) is 5.62. The Morgan fingerprint density at radius 1 is 1.10 bits per heavy atom. The van der Waals surface area contributed by atoms with Crippen LogP contribution in [0.15, 0.2) is 47.2 Å². The Morgan fingerprint density at radius 2 is 2.00 bits per heavy atom. The number of hydrogen-bond donors (Lipinski definition) is 0. The van der Waals surface area contributed by atoms with E-state index in [4.69, 9.17) is 14.0 Å². The molecule has 0 bridgehead atoms. The second-order valence-electron chi connectivity index (χ2n) is 4.23. The Labute approximate surface area is 121 Å². The standard InChI is InChI=1S/C15H13N3O3/c1-19-11-5-6-13(20-2)12(8-11)14-17-15(21-18-14)10-4-3-7-16-9-10/h3-9H,1-2H3. The predicted molar refractivity (Wildman–Crippen MR) is 76.1 cm³/mol. The molecule has 2 heterocycles. The number of hydrogen-bond acceptors (Lipinski definition) is 6. The van der Waals surface area contributed by atoms with E-state index in [1.54, 1.807) is 38.7 Å². The summed E-state index contributed by atoms with van der Waals surface area (Å²) >= 11 is 0. The normalized spacial score (nSPS) is 10.4. The molecule has 0 N–H and O–H groups in total. The van der Waals surface area contributed by atoms with Gasteiger partial charge in [-0.1, -0.05) is 5.16 Å². The molecule has 0 atom stereocenters. The first-order chi connectivity index (χ1) is 10.3. The molecule has 106 valence electrons. The first kappa shape index (κ1) is 13.1. The van der Waals surface area contributed by atoms with Crippen LogP contribution in [0, 0.1) is 0 Å². The summed E-state index contributed by atoms with van der Waals surface area (Å²) in [5.41, 5.74) is 1.47. The van der Waals surface area contributed by atoms with Crippen molar-refractivity contribution in [3.05, 3.63) is 42.7 Å².